The van der Waals surface area contributed by atoms with Crippen LogP contribution in [0, 0.1) is 18.3 Å². The maximum atomic E-state index is 13.5. The number of fused-ring (bicyclic) bond motifs is 2. The number of aryl methyl sites for hydroxylation is 1. The topological polar surface area (TPSA) is 122 Å². The second-order valence-corrected chi connectivity index (χ2v) is 13.0. The molecule has 0 aliphatic carbocycles. The molecule has 8 nitrogen and oxygen atoms in total. The number of aromatic nitrogens is 1. The molecule has 3 fully saturated rings. The third-order valence-electron chi connectivity index (χ3n) is 8.71. The average molecular weight is 536 g/mol. The highest BCUT2D eigenvalue weighted by atomic mass is 32.1. The number of thiazole rings is 1. The van der Waals surface area contributed by atoms with Crippen LogP contribution >= 0.6 is 11.3 Å². The van der Waals surface area contributed by atoms with Crippen LogP contribution < -0.4 is 0 Å². The molecule has 0 spiro atoms. The summed E-state index contributed by atoms with van der Waals surface area (Å²) in [7, 11) is 0. The lowest BCUT2D eigenvalue weighted by Crippen LogP contribution is -2.48. The fraction of sp³-hybridized carbons (Fsp3) is 0.750. The van der Waals surface area contributed by atoms with E-state index in [0.717, 1.165) is 22.7 Å². The van der Waals surface area contributed by atoms with Crippen molar-refractivity contribution < 1.29 is 34.0 Å². The van der Waals surface area contributed by atoms with Crippen LogP contribution in [0.2, 0.25) is 0 Å². The van der Waals surface area contributed by atoms with Crippen LogP contribution in [-0.4, -0.2) is 68.7 Å². The molecule has 1 aromatic rings. The second kappa shape index (κ2) is 10.2. The molecular weight excluding hydrogens is 494 g/mol. The molecule has 206 valence electrons. The van der Waals surface area contributed by atoms with E-state index in [1.54, 1.807) is 25.2 Å². The molecule has 2 N–H and O–H groups in total. The van der Waals surface area contributed by atoms with Gasteiger partial charge in [0.25, 0.3) is 0 Å². The first kappa shape index (κ1) is 28.4. The fourth-order valence-electron chi connectivity index (χ4n) is 5.61. The number of carbonyl (C=O) groups is 2. The number of aliphatic hydroxyl groups is 2. The molecule has 4 rings (SSSR count). The molecule has 3 aliphatic rings. The number of cyclic esters (lactones) is 1. The second-order valence-electron chi connectivity index (χ2n) is 11.9. The van der Waals surface area contributed by atoms with E-state index >= 15 is 0 Å². The smallest absolute Gasteiger partial charge is 0.309 e. The van der Waals surface area contributed by atoms with Crippen LogP contribution in [0.3, 0.4) is 0 Å². The van der Waals surface area contributed by atoms with Crippen LogP contribution in [0.15, 0.2) is 11.0 Å². The first-order valence-electron chi connectivity index (χ1n) is 13.3. The van der Waals surface area contributed by atoms with Gasteiger partial charge in [0.1, 0.15) is 17.5 Å². The van der Waals surface area contributed by atoms with E-state index < -0.39 is 41.2 Å². The standard InChI is InChI=1S/C28H41NO7S/c1-8-18-24(32)26(4,5)20(30)13-23(31)34-19(15(2)11-17-14-37-16(3)29-17)12-22-27(6,35-22)10-9-21-28(7,36-21)25(18)33/h11,14,18-22,25,30,33H,8-10,12-13H2,1-7H3/t18-,19-,20-,21?,22-,25+,27+,28?/m0/s1. The molecular formula is C28H41NO7S. The zero-order valence-corrected chi connectivity index (χ0v) is 23.8. The van der Waals surface area contributed by atoms with Crippen LogP contribution in [0.25, 0.3) is 6.08 Å². The molecule has 0 aromatic carbocycles. The Morgan fingerprint density at radius 3 is 2.51 bits per heavy atom. The lowest BCUT2D eigenvalue weighted by Gasteiger charge is -2.35. The largest absolute Gasteiger partial charge is 0.458 e. The van der Waals surface area contributed by atoms with E-state index in [9.17, 15) is 19.8 Å². The van der Waals surface area contributed by atoms with Gasteiger partial charge in [-0.25, -0.2) is 4.98 Å². The number of hydrogen-bond donors (Lipinski definition) is 2. The number of ketones is 1. The van der Waals surface area contributed by atoms with Gasteiger partial charge in [0, 0.05) is 17.7 Å². The summed E-state index contributed by atoms with van der Waals surface area (Å²) in [6, 6.07) is 0. The van der Waals surface area contributed by atoms with Crippen molar-refractivity contribution >= 4 is 29.2 Å². The number of epoxide rings is 2. The van der Waals surface area contributed by atoms with Gasteiger partial charge in [-0.05, 0) is 58.6 Å². The Morgan fingerprint density at radius 1 is 1.19 bits per heavy atom. The Hall–Kier alpha value is -1.65. The van der Waals surface area contributed by atoms with Crippen molar-refractivity contribution in [3.63, 3.8) is 0 Å². The average Bonchev–Trinajstić information content (AvgIpc) is 3.62. The van der Waals surface area contributed by atoms with Gasteiger partial charge in [-0.2, -0.15) is 0 Å². The number of ether oxygens (including phenoxy) is 3. The van der Waals surface area contributed by atoms with Crippen LogP contribution in [-0.2, 0) is 23.8 Å². The van der Waals surface area contributed by atoms with Crippen molar-refractivity contribution in [2.75, 3.05) is 0 Å². The van der Waals surface area contributed by atoms with Crippen molar-refractivity contribution in [1.82, 2.24) is 4.98 Å². The summed E-state index contributed by atoms with van der Waals surface area (Å²) < 4.78 is 17.9. The first-order valence-corrected chi connectivity index (χ1v) is 14.1. The number of nitrogens with zero attached hydrogens (tertiary/aromatic N) is 1. The molecule has 3 saturated heterocycles. The number of carbonyl (C=O) groups excluding carboxylic acids is 2. The summed E-state index contributed by atoms with van der Waals surface area (Å²) in [6.45, 7) is 12.8. The van der Waals surface area contributed by atoms with Crippen LogP contribution in [0.5, 0.6) is 0 Å². The van der Waals surface area contributed by atoms with Gasteiger partial charge in [0.2, 0.25) is 0 Å². The van der Waals surface area contributed by atoms with Gasteiger partial charge in [-0.3, -0.25) is 9.59 Å². The lowest BCUT2D eigenvalue weighted by molar-refractivity contribution is -0.154. The molecule has 0 radical (unpaired) electrons. The van der Waals surface area contributed by atoms with E-state index in [2.05, 4.69) is 4.98 Å². The number of hydrogen-bond acceptors (Lipinski definition) is 9. The zero-order chi connectivity index (χ0) is 27.3. The fourth-order valence-corrected chi connectivity index (χ4v) is 6.18. The monoisotopic (exact) mass is 535 g/mol. The third-order valence-corrected chi connectivity index (χ3v) is 9.50. The van der Waals surface area contributed by atoms with Crippen molar-refractivity contribution in [3.8, 4) is 0 Å². The zero-order valence-electron chi connectivity index (χ0n) is 22.9. The maximum Gasteiger partial charge on any atom is 0.309 e. The molecule has 0 amide bonds. The predicted octanol–water partition coefficient (Wildman–Crippen LogP) is 4.00. The Bertz CT molecular complexity index is 1070. The predicted molar refractivity (Wildman–Crippen MR) is 140 cm³/mol. The molecule has 9 heteroatoms. The number of aliphatic hydroxyl groups excluding tert-OH is 2. The van der Waals surface area contributed by atoms with E-state index in [4.69, 9.17) is 14.2 Å². The van der Waals surface area contributed by atoms with Gasteiger partial charge in [0.15, 0.2) is 0 Å². The number of esters is 1. The maximum absolute atomic E-state index is 13.5. The minimum atomic E-state index is -1.26. The van der Waals surface area contributed by atoms with Gasteiger partial charge in [-0.15, -0.1) is 11.3 Å². The highest BCUT2D eigenvalue weighted by Gasteiger charge is 2.62. The van der Waals surface area contributed by atoms with E-state index in [-0.39, 0.29) is 30.0 Å². The SMILES string of the molecule is CC[C@H]1C(=O)C(C)(C)[C@@H](O)CC(=O)O[C@H](C(C)=Cc2csc(C)n2)C[C@@H]2O[C@]2(C)CCC2OC2(C)[C@@H]1O. The van der Waals surface area contributed by atoms with Gasteiger partial charge in [0.05, 0.1) is 52.6 Å². The molecule has 1 aromatic heterocycles. The van der Waals surface area contributed by atoms with Crippen molar-refractivity contribution in [2.45, 2.75) is 122 Å². The lowest BCUT2D eigenvalue weighted by atomic mass is 9.71. The minimum Gasteiger partial charge on any atom is -0.458 e. The molecule has 8 atom stereocenters. The van der Waals surface area contributed by atoms with Crippen molar-refractivity contribution in [1.29, 1.82) is 0 Å². The summed E-state index contributed by atoms with van der Waals surface area (Å²) in [6.07, 6.45) is 0.804. The van der Waals surface area contributed by atoms with E-state index in [1.165, 1.54) is 0 Å². The van der Waals surface area contributed by atoms with Gasteiger partial charge < -0.3 is 24.4 Å². The number of rotatable bonds is 3. The van der Waals surface area contributed by atoms with Gasteiger partial charge >= 0.3 is 5.97 Å². The van der Waals surface area contributed by atoms with E-state index in [1.807, 2.05) is 46.1 Å². The Morgan fingerprint density at radius 2 is 1.89 bits per heavy atom. The Kier molecular flexibility index (Phi) is 7.78. The molecule has 4 heterocycles. The highest BCUT2D eigenvalue weighted by Crippen LogP contribution is 2.50. The molecule has 0 bridgehead atoms. The Labute approximate surface area is 223 Å². The minimum absolute atomic E-state index is 0.0972. The summed E-state index contributed by atoms with van der Waals surface area (Å²) in [4.78, 5) is 31.1. The van der Waals surface area contributed by atoms with Crippen molar-refractivity contribution in [3.05, 3.63) is 21.7 Å². The molecule has 2 unspecified atom stereocenters. The quantitative estimate of drug-likeness (QED) is 0.440. The van der Waals surface area contributed by atoms with Crippen molar-refractivity contribution in [2.24, 2.45) is 11.3 Å². The first-order chi connectivity index (χ1) is 17.2. The normalized spacial score (nSPS) is 40.9. The highest BCUT2D eigenvalue weighted by molar-refractivity contribution is 7.09. The summed E-state index contributed by atoms with van der Waals surface area (Å²) in [5, 5.41) is 25.1. The molecule has 0 saturated carbocycles. The third kappa shape index (κ3) is 5.71. The van der Waals surface area contributed by atoms with Crippen LogP contribution in [0.4, 0.5) is 0 Å². The van der Waals surface area contributed by atoms with Gasteiger partial charge in [-0.1, -0.05) is 20.8 Å². The molecule has 37 heavy (non-hydrogen) atoms. The molecule has 3 aliphatic heterocycles. The number of Topliss-reactive ketones (excluding diaryl/α,β-unsaturated/α-hetero) is 1. The summed E-state index contributed by atoms with van der Waals surface area (Å²) in [5.41, 5.74) is -0.798. The van der Waals surface area contributed by atoms with Crippen LogP contribution in [0.1, 0.15) is 84.3 Å². The van der Waals surface area contributed by atoms with E-state index in [0.29, 0.717) is 19.3 Å². The summed E-state index contributed by atoms with van der Waals surface area (Å²) >= 11 is 1.55. The Balaban J connectivity index is 1.61. The summed E-state index contributed by atoms with van der Waals surface area (Å²) in [5.74, 6) is -1.58.